The van der Waals surface area contributed by atoms with E-state index in [9.17, 15) is 14.5 Å². The van der Waals surface area contributed by atoms with Gasteiger partial charge in [0, 0.05) is 28.8 Å². The zero-order valence-corrected chi connectivity index (χ0v) is 17.7. The second-order valence-electron chi connectivity index (χ2n) is 6.75. The summed E-state index contributed by atoms with van der Waals surface area (Å²) in [5.41, 5.74) is 0.309. The molecular weight excluding hydrogens is 447 g/mol. The second kappa shape index (κ2) is 8.78. The molecule has 0 saturated heterocycles. The molecule has 1 N–H and O–H groups in total. The van der Waals surface area contributed by atoms with E-state index in [2.05, 4.69) is 25.7 Å². The quantitative estimate of drug-likeness (QED) is 0.307. The van der Waals surface area contributed by atoms with Crippen LogP contribution in [0.3, 0.4) is 0 Å². The zero-order valence-electron chi connectivity index (χ0n) is 16.1. The molecule has 10 nitrogen and oxygen atoms in total. The zero-order chi connectivity index (χ0) is 22.0. The molecule has 0 unspecified atom stereocenters. The van der Waals surface area contributed by atoms with Crippen LogP contribution in [0.5, 0.6) is 0 Å². The van der Waals surface area contributed by atoms with Crippen molar-refractivity contribution < 1.29 is 9.31 Å². The topological polar surface area (TPSA) is 117 Å². The Balaban J connectivity index is 1.39. The number of aromatic nitrogens is 6. The number of benzene rings is 1. The summed E-state index contributed by atoms with van der Waals surface area (Å²) < 4.78 is 17.0. The number of rotatable bonds is 8. The van der Waals surface area contributed by atoms with Crippen LogP contribution in [0.25, 0.3) is 0 Å². The lowest BCUT2D eigenvalue weighted by Crippen LogP contribution is -2.06. The summed E-state index contributed by atoms with van der Waals surface area (Å²) in [6.07, 6.45) is 4.30. The third-order valence-corrected chi connectivity index (χ3v) is 5.84. The van der Waals surface area contributed by atoms with Gasteiger partial charge in [0.2, 0.25) is 5.13 Å². The van der Waals surface area contributed by atoms with Crippen molar-refractivity contribution in [2.24, 2.45) is 0 Å². The van der Waals surface area contributed by atoms with Crippen LogP contribution in [0, 0.1) is 15.9 Å². The van der Waals surface area contributed by atoms with E-state index in [1.165, 1.54) is 34.5 Å². The molecule has 31 heavy (non-hydrogen) atoms. The third kappa shape index (κ3) is 4.86. The van der Waals surface area contributed by atoms with E-state index in [4.69, 9.17) is 11.6 Å². The van der Waals surface area contributed by atoms with Gasteiger partial charge in [0.1, 0.15) is 23.2 Å². The lowest BCUT2D eigenvalue weighted by Gasteiger charge is -2.06. The van der Waals surface area contributed by atoms with Crippen LogP contribution in [0.15, 0.2) is 42.9 Å². The number of nitro groups is 1. The van der Waals surface area contributed by atoms with Crippen molar-refractivity contribution in [3.8, 4) is 0 Å². The van der Waals surface area contributed by atoms with Crippen LogP contribution in [0.4, 0.5) is 21.0 Å². The van der Waals surface area contributed by atoms with Crippen molar-refractivity contribution in [2.75, 3.05) is 5.32 Å². The number of anilines is 2. The Kier molecular flexibility index (Phi) is 5.91. The first-order valence-electron chi connectivity index (χ1n) is 9.12. The van der Waals surface area contributed by atoms with Crippen LogP contribution < -0.4 is 5.32 Å². The summed E-state index contributed by atoms with van der Waals surface area (Å²) in [6.45, 7) is 2.56. The number of halogens is 2. The molecule has 0 aliphatic rings. The standard InChI is InChI=1S/C18H16ClFN8O2S/c1-11(8-27-9-12(7-21-27)28(29)30)17-23-24-18(31-17)22-16-5-6-26(25-16)10-13-14(19)3-2-4-15(13)20/h2-7,9,11H,8,10H2,1H3,(H,22,24,25)/t11-/m1/s1. The lowest BCUT2D eigenvalue weighted by molar-refractivity contribution is -0.385. The predicted molar refractivity (Wildman–Crippen MR) is 113 cm³/mol. The van der Waals surface area contributed by atoms with E-state index in [0.29, 0.717) is 28.1 Å². The Hall–Kier alpha value is -3.38. The van der Waals surface area contributed by atoms with E-state index in [0.717, 1.165) is 5.01 Å². The molecule has 3 aromatic heterocycles. The maximum atomic E-state index is 14.0. The van der Waals surface area contributed by atoms with Crippen LogP contribution in [-0.4, -0.2) is 34.7 Å². The molecule has 0 saturated carbocycles. The highest BCUT2D eigenvalue weighted by molar-refractivity contribution is 7.15. The van der Waals surface area contributed by atoms with Gasteiger partial charge in [-0.1, -0.05) is 35.9 Å². The number of hydrogen-bond donors (Lipinski definition) is 1. The first kappa shape index (κ1) is 20.9. The van der Waals surface area contributed by atoms with Crippen molar-refractivity contribution >= 4 is 39.6 Å². The lowest BCUT2D eigenvalue weighted by atomic mass is 10.2. The Labute approximate surface area is 184 Å². The summed E-state index contributed by atoms with van der Waals surface area (Å²) in [5.74, 6) is 0.0987. The van der Waals surface area contributed by atoms with Gasteiger partial charge in [-0.05, 0) is 12.1 Å². The summed E-state index contributed by atoms with van der Waals surface area (Å²) in [6, 6.07) is 6.28. The van der Waals surface area contributed by atoms with Crippen molar-refractivity contribution in [1.82, 2.24) is 29.8 Å². The van der Waals surface area contributed by atoms with E-state index >= 15 is 0 Å². The summed E-state index contributed by atoms with van der Waals surface area (Å²) in [4.78, 5) is 10.3. The van der Waals surface area contributed by atoms with Crippen molar-refractivity contribution in [2.45, 2.75) is 25.9 Å². The van der Waals surface area contributed by atoms with E-state index < -0.39 is 4.92 Å². The summed E-state index contributed by atoms with van der Waals surface area (Å²) in [5, 5.41) is 32.1. The van der Waals surface area contributed by atoms with Crippen molar-refractivity contribution in [3.63, 3.8) is 0 Å². The van der Waals surface area contributed by atoms with Crippen LogP contribution >= 0.6 is 22.9 Å². The normalized spacial score (nSPS) is 12.1. The van der Waals surface area contributed by atoms with Crippen LogP contribution in [-0.2, 0) is 13.1 Å². The Morgan fingerprint density at radius 1 is 1.32 bits per heavy atom. The van der Waals surface area contributed by atoms with Gasteiger partial charge in [-0.25, -0.2) is 4.39 Å². The molecule has 0 radical (unpaired) electrons. The maximum absolute atomic E-state index is 14.0. The first-order chi connectivity index (χ1) is 14.9. The van der Waals surface area contributed by atoms with Crippen LogP contribution in [0.1, 0.15) is 23.4 Å². The molecule has 1 atom stereocenters. The molecule has 4 rings (SSSR count). The van der Waals surface area contributed by atoms with E-state index in [-0.39, 0.29) is 24.0 Å². The van der Waals surface area contributed by atoms with Gasteiger partial charge in [0.15, 0.2) is 5.82 Å². The smallest absolute Gasteiger partial charge is 0.306 e. The molecular formula is C18H16ClFN8O2S. The van der Waals surface area contributed by atoms with Gasteiger partial charge >= 0.3 is 5.69 Å². The molecule has 3 heterocycles. The Bertz CT molecular complexity index is 1200. The first-order valence-corrected chi connectivity index (χ1v) is 10.3. The van der Waals surface area contributed by atoms with Crippen molar-refractivity contribution in [3.05, 3.63) is 74.4 Å². The highest BCUT2D eigenvalue weighted by Gasteiger charge is 2.16. The molecule has 0 amide bonds. The fraction of sp³-hybridized carbons (Fsp3) is 0.222. The summed E-state index contributed by atoms with van der Waals surface area (Å²) in [7, 11) is 0. The monoisotopic (exact) mass is 462 g/mol. The van der Waals surface area contributed by atoms with E-state index in [1.807, 2.05) is 6.92 Å². The molecule has 4 aromatic rings. The molecule has 160 valence electrons. The second-order valence-corrected chi connectivity index (χ2v) is 8.16. The highest BCUT2D eigenvalue weighted by Crippen LogP contribution is 2.27. The SMILES string of the molecule is C[C@H](Cn1cc([N+](=O)[O-])cn1)c1nnc(Nc2ccn(Cc3c(F)cccc3Cl)n2)s1. The van der Waals surface area contributed by atoms with Gasteiger partial charge in [-0.2, -0.15) is 10.2 Å². The van der Waals surface area contributed by atoms with Gasteiger partial charge < -0.3 is 5.32 Å². The van der Waals surface area contributed by atoms with Crippen molar-refractivity contribution in [1.29, 1.82) is 0 Å². The largest absolute Gasteiger partial charge is 0.313 e. The summed E-state index contributed by atoms with van der Waals surface area (Å²) >= 11 is 7.42. The maximum Gasteiger partial charge on any atom is 0.306 e. The minimum absolute atomic E-state index is 0.0479. The predicted octanol–water partition coefficient (Wildman–Crippen LogP) is 4.23. The molecule has 0 aliphatic heterocycles. The molecule has 0 spiro atoms. The minimum Gasteiger partial charge on any atom is -0.313 e. The number of nitrogens with one attached hydrogen (secondary N) is 1. The minimum atomic E-state index is -0.486. The molecule has 0 fully saturated rings. The van der Waals surface area contributed by atoms with Gasteiger partial charge in [-0.3, -0.25) is 19.5 Å². The fourth-order valence-corrected chi connectivity index (χ4v) is 3.88. The number of hydrogen-bond acceptors (Lipinski definition) is 8. The Morgan fingerprint density at radius 2 is 2.16 bits per heavy atom. The van der Waals surface area contributed by atoms with Gasteiger partial charge in [0.25, 0.3) is 0 Å². The number of nitrogens with zero attached hydrogens (tertiary/aromatic N) is 7. The van der Waals surface area contributed by atoms with Gasteiger partial charge in [0.05, 0.1) is 18.0 Å². The van der Waals surface area contributed by atoms with Gasteiger partial charge in [-0.15, -0.1) is 10.2 Å². The average molecular weight is 463 g/mol. The fourth-order valence-electron chi connectivity index (χ4n) is 2.86. The highest BCUT2D eigenvalue weighted by atomic mass is 35.5. The Morgan fingerprint density at radius 3 is 2.90 bits per heavy atom. The average Bonchev–Trinajstić information content (AvgIpc) is 3.46. The third-order valence-electron chi connectivity index (χ3n) is 4.41. The molecule has 1 aromatic carbocycles. The molecule has 0 bridgehead atoms. The van der Waals surface area contributed by atoms with Crippen LogP contribution in [0.2, 0.25) is 5.02 Å². The van der Waals surface area contributed by atoms with E-state index in [1.54, 1.807) is 29.1 Å². The molecule has 13 heteroatoms. The molecule has 0 aliphatic carbocycles.